The monoisotopic (exact) mass is 333 g/mol. The van der Waals surface area contributed by atoms with Crippen molar-refractivity contribution in [2.24, 2.45) is 0 Å². The molecule has 1 heterocycles. The molecule has 0 atom stereocenters. The van der Waals surface area contributed by atoms with Gasteiger partial charge in [-0.25, -0.2) is 4.98 Å². The van der Waals surface area contributed by atoms with Gasteiger partial charge in [0.25, 0.3) is 0 Å². The highest BCUT2D eigenvalue weighted by atomic mass is 79.9. The number of aromatic nitrogens is 1. The number of rotatable bonds is 3. The first-order valence-corrected chi connectivity index (χ1v) is 7.50. The molecule has 1 N–H and O–H groups in total. The Morgan fingerprint density at radius 3 is 2.84 bits per heavy atom. The van der Waals surface area contributed by atoms with Crippen LogP contribution in [0.4, 0.5) is 0 Å². The van der Waals surface area contributed by atoms with Crippen molar-refractivity contribution in [2.45, 2.75) is 10.8 Å². The molecule has 2 nitrogen and oxygen atoms in total. The number of pyridine rings is 1. The van der Waals surface area contributed by atoms with Gasteiger partial charge >= 0.3 is 0 Å². The molecule has 0 fully saturated rings. The minimum absolute atomic E-state index is 0.118. The van der Waals surface area contributed by atoms with E-state index in [4.69, 9.17) is 5.11 Å². The summed E-state index contributed by atoms with van der Waals surface area (Å²) in [6.07, 6.45) is 1.78. The van der Waals surface area contributed by atoms with E-state index in [2.05, 4.69) is 32.8 Å². The fourth-order valence-corrected chi connectivity index (χ4v) is 3.01. The number of aliphatic hydroxyl groups excluding tert-OH is 1. The average molecular weight is 334 g/mol. The first-order valence-electron chi connectivity index (χ1n) is 5.72. The van der Waals surface area contributed by atoms with E-state index in [1.54, 1.807) is 18.0 Å². The molecule has 19 heavy (non-hydrogen) atoms. The highest BCUT2D eigenvalue weighted by Gasteiger charge is 2.04. The largest absolute Gasteiger partial charge is 0.384 e. The number of thioether (sulfide) groups is 1. The Morgan fingerprint density at radius 2 is 2.05 bits per heavy atom. The summed E-state index contributed by atoms with van der Waals surface area (Å²) in [5.74, 6) is 6.45. The molecule has 0 aliphatic rings. The van der Waals surface area contributed by atoms with Crippen molar-refractivity contribution >= 4 is 27.7 Å². The SMILES string of the molecule is OCC#Cc1ccccc1CSc1ncccc1Br. The van der Waals surface area contributed by atoms with E-state index in [1.807, 2.05) is 36.4 Å². The number of nitrogens with zero attached hydrogens (tertiary/aromatic N) is 1. The van der Waals surface area contributed by atoms with Gasteiger partial charge in [0.15, 0.2) is 0 Å². The number of hydrogen-bond acceptors (Lipinski definition) is 3. The molecule has 0 aliphatic heterocycles. The van der Waals surface area contributed by atoms with Gasteiger partial charge in [-0.1, -0.05) is 30.0 Å². The van der Waals surface area contributed by atoms with E-state index in [0.29, 0.717) is 0 Å². The Balaban J connectivity index is 2.14. The second kappa shape index (κ2) is 7.34. The molecule has 1 aromatic heterocycles. The van der Waals surface area contributed by atoms with Gasteiger partial charge < -0.3 is 5.11 Å². The zero-order valence-electron chi connectivity index (χ0n) is 10.1. The summed E-state index contributed by atoms with van der Waals surface area (Å²) in [4.78, 5) is 4.33. The molecule has 4 heteroatoms. The van der Waals surface area contributed by atoms with Crippen molar-refractivity contribution in [1.82, 2.24) is 4.98 Å². The van der Waals surface area contributed by atoms with E-state index in [1.165, 1.54) is 0 Å². The summed E-state index contributed by atoms with van der Waals surface area (Å²) >= 11 is 5.15. The van der Waals surface area contributed by atoms with Gasteiger partial charge in [-0.15, -0.1) is 11.8 Å². The predicted octanol–water partition coefficient (Wildman–Crippen LogP) is 3.48. The van der Waals surface area contributed by atoms with Gasteiger partial charge in [0, 0.05) is 22.0 Å². The van der Waals surface area contributed by atoms with Crippen molar-refractivity contribution < 1.29 is 5.11 Å². The number of hydrogen-bond donors (Lipinski definition) is 1. The molecule has 1 aromatic carbocycles. The van der Waals surface area contributed by atoms with Crippen LogP contribution in [0.1, 0.15) is 11.1 Å². The van der Waals surface area contributed by atoms with E-state index in [9.17, 15) is 0 Å². The lowest BCUT2D eigenvalue weighted by Crippen LogP contribution is -1.89. The van der Waals surface area contributed by atoms with Gasteiger partial charge in [-0.2, -0.15) is 0 Å². The van der Waals surface area contributed by atoms with Gasteiger partial charge in [-0.05, 0) is 39.7 Å². The molecular weight excluding hydrogens is 322 g/mol. The summed E-state index contributed by atoms with van der Waals surface area (Å²) in [5, 5.41) is 9.73. The van der Waals surface area contributed by atoms with Crippen LogP contribution < -0.4 is 0 Å². The summed E-state index contributed by atoms with van der Waals surface area (Å²) in [7, 11) is 0. The average Bonchev–Trinajstić information content (AvgIpc) is 2.45. The topological polar surface area (TPSA) is 33.1 Å². The van der Waals surface area contributed by atoms with Gasteiger partial charge in [-0.3, -0.25) is 0 Å². The van der Waals surface area contributed by atoms with Gasteiger partial charge in [0.1, 0.15) is 11.6 Å². The Hall–Kier alpha value is -1.28. The first kappa shape index (κ1) is 14.1. The van der Waals surface area contributed by atoms with Crippen LogP contribution in [0.15, 0.2) is 52.1 Å². The quantitative estimate of drug-likeness (QED) is 0.689. The molecule has 2 rings (SSSR count). The maximum atomic E-state index is 8.77. The summed E-state index contributed by atoms with van der Waals surface area (Å²) in [6.45, 7) is -0.118. The minimum Gasteiger partial charge on any atom is -0.384 e. The van der Waals surface area contributed by atoms with Crippen LogP contribution >= 0.6 is 27.7 Å². The zero-order chi connectivity index (χ0) is 13.5. The van der Waals surface area contributed by atoms with Crippen LogP contribution in [0.5, 0.6) is 0 Å². The molecule has 0 saturated carbocycles. The maximum Gasteiger partial charge on any atom is 0.110 e. The lowest BCUT2D eigenvalue weighted by molar-refractivity contribution is 0.350. The molecule has 2 aromatic rings. The van der Waals surface area contributed by atoms with E-state index < -0.39 is 0 Å². The van der Waals surface area contributed by atoms with Crippen molar-refractivity contribution in [3.8, 4) is 11.8 Å². The van der Waals surface area contributed by atoms with Crippen LogP contribution in [-0.2, 0) is 5.75 Å². The predicted molar refractivity (Wildman–Crippen MR) is 81.9 cm³/mol. The van der Waals surface area contributed by atoms with Crippen molar-refractivity contribution in [1.29, 1.82) is 0 Å². The molecule has 0 bridgehead atoms. The number of halogens is 1. The second-order valence-electron chi connectivity index (χ2n) is 3.70. The fourth-order valence-electron chi connectivity index (χ4n) is 1.53. The second-order valence-corrected chi connectivity index (χ2v) is 5.51. The van der Waals surface area contributed by atoms with Gasteiger partial charge in [0.2, 0.25) is 0 Å². The maximum absolute atomic E-state index is 8.77. The van der Waals surface area contributed by atoms with Gasteiger partial charge in [0.05, 0.1) is 0 Å². The molecule has 0 aliphatic carbocycles. The van der Waals surface area contributed by atoms with Crippen LogP contribution in [0.2, 0.25) is 0 Å². The highest BCUT2D eigenvalue weighted by molar-refractivity contribution is 9.10. The lowest BCUT2D eigenvalue weighted by atomic mass is 10.1. The van der Waals surface area contributed by atoms with E-state index in [-0.39, 0.29) is 6.61 Å². The lowest BCUT2D eigenvalue weighted by Gasteiger charge is -2.05. The normalized spacial score (nSPS) is 9.79. The Kier molecular flexibility index (Phi) is 5.46. The fraction of sp³-hybridized carbons (Fsp3) is 0.133. The number of aliphatic hydroxyl groups is 1. The number of benzene rings is 1. The Labute approximate surface area is 125 Å². The molecule has 96 valence electrons. The smallest absolute Gasteiger partial charge is 0.110 e. The van der Waals surface area contributed by atoms with Crippen LogP contribution in [-0.4, -0.2) is 16.7 Å². The Morgan fingerprint density at radius 1 is 1.21 bits per heavy atom. The summed E-state index contributed by atoms with van der Waals surface area (Å²) in [6, 6.07) is 11.8. The van der Waals surface area contributed by atoms with E-state index in [0.717, 1.165) is 26.4 Å². The van der Waals surface area contributed by atoms with Crippen LogP contribution in [0.3, 0.4) is 0 Å². The van der Waals surface area contributed by atoms with Crippen molar-refractivity contribution in [3.63, 3.8) is 0 Å². The van der Waals surface area contributed by atoms with Crippen LogP contribution in [0.25, 0.3) is 0 Å². The molecule has 0 saturated heterocycles. The summed E-state index contributed by atoms with van der Waals surface area (Å²) < 4.78 is 0.999. The Bertz CT molecular complexity index is 619. The van der Waals surface area contributed by atoms with E-state index >= 15 is 0 Å². The van der Waals surface area contributed by atoms with Crippen molar-refractivity contribution in [2.75, 3.05) is 6.61 Å². The third-order valence-electron chi connectivity index (χ3n) is 2.41. The molecule has 0 amide bonds. The molecule has 0 spiro atoms. The molecule has 0 unspecified atom stereocenters. The third kappa shape index (κ3) is 4.10. The van der Waals surface area contributed by atoms with Crippen LogP contribution in [0, 0.1) is 11.8 Å². The minimum atomic E-state index is -0.118. The zero-order valence-corrected chi connectivity index (χ0v) is 12.5. The molecule has 0 radical (unpaired) electrons. The third-order valence-corrected chi connectivity index (χ3v) is 4.37. The summed E-state index contributed by atoms with van der Waals surface area (Å²) in [5.41, 5.74) is 2.10. The highest BCUT2D eigenvalue weighted by Crippen LogP contribution is 2.28. The molecular formula is C15H12BrNOS. The first-order chi connectivity index (χ1) is 9.31. The van der Waals surface area contributed by atoms with Crippen molar-refractivity contribution in [3.05, 3.63) is 58.2 Å². The standard InChI is InChI=1S/C15H12BrNOS/c16-14-8-3-9-17-15(14)19-11-13-6-2-1-5-12(13)7-4-10-18/h1-3,5-6,8-9,18H,10-11H2.